The van der Waals surface area contributed by atoms with Crippen molar-refractivity contribution < 1.29 is 13.9 Å². The van der Waals surface area contributed by atoms with Gasteiger partial charge in [-0.3, -0.25) is 9.69 Å². The van der Waals surface area contributed by atoms with E-state index >= 15 is 0 Å². The zero-order valence-corrected chi connectivity index (χ0v) is 27.3. The fraction of sp³-hybridized carbons (Fsp3) is 0.265. The molecule has 45 heavy (non-hydrogen) atoms. The quantitative estimate of drug-likeness (QED) is 0.176. The predicted octanol–water partition coefficient (Wildman–Crippen LogP) is 6.81. The average molecular weight is 641 g/mol. The first-order valence-corrected chi connectivity index (χ1v) is 15.8. The summed E-state index contributed by atoms with van der Waals surface area (Å²) < 4.78 is 20.7. The van der Waals surface area contributed by atoms with Crippen molar-refractivity contribution in [3.63, 3.8) is 0 Å². The van der Waals surface area contributed by atoms with Crippen molar-refractivity contribution in [2.75, 3.05) is 17.2 Å². The van der Waals surface area contributed by atoms with Gasteiger partial charge in [-0.2, -0.15) is 9.38 Å². The number of hydrogen-bond donors (Lipinski definition) is 1. The summed E-state index contributed by atoms with van der Waals surface area (Å²) in [7, 11) is 0. The van der Waals surface area contributed by atoms with Crippen LogP contribution in [-0.2, 0) is 4.79 Å². The maximum absolute atomic E-state index is 13.8. The van der Waals surface area contributed by atoms with Gasteiger partial charge in [0.1, 0.15) is 12.1 Å². The third-order valence-corrected chi connectivity index (χ3v) is 7.81. The molecule has 11 heteroatoms. The summed E-state index contributed by atoms with van der Waals surface area (Å²) in [5.74, 6) is 5.98. The number of amides is 1. The lowest BCUT2D eigenvalue weighted by Gasteiger charge is -2.22. The van der Waals surface area contributed by atoms with Crippen molar-refractivity contribution in [3.05, 3.63) is 89.7 Å². The van der Waals surface area contributed by atoms with Gasteiger partial charge in [0.15, 0.2) is 16.1 Å². The predicted molar refractivity (Wildman–Crippen MR) is 183 cm³/mol. The highest BCUT2D eigenvalue weighted by molar-refractivity contribution is 8.15. The summed E-state index contributed by atoms with van der Waals surface area (Å²) in [5, 5.41) is 8.47. The second-order valence-corrected chi connectivity index (χ2v) is 12.5. The van der Waals surface area contributed by atoms with Gasteiger partial charge in [0.2, 0.25) is 11.8 Å². The Morgan fingerprint density at radius 2 is 1.96 bits per heavy atom. The third kappa shape index (κ3) is 8.15. The first kappa shape index (κ1) is 31.9. The van der Waals surface area contributed by atoms with E-state index in [1.54, 1.807) is 40.2 Å². The molecule has 3 aromatic carbocycles. The van der Waals surface area contributed by atoms with Gasteiger partial charge < -0.3 is 10.1 Å². The molecule has 1 aromatic heterocycles. The SMILES string of the molecule is Cc1ccc(C(C)C)c(N2C(=O)CS/C2=N\C(=S)NCC#Cc2cccc(-c3ncn(-c4ccc(OC(C)(C)F)cc4)n3)c2)c1. The Morgan fingerprint density at radius 1 is 1.18 bits per heavy atom. The second-order valence-electron chi connectivity index (χ2n) is 11.1. The number of hydrogen-bond acceptors (Lipinski definition) is 6. The minimum Gasteiger partial charge on any atom is -0.459 e. The molecular weight excluding hydrogens is 608 g/mol. The number of thioether (sulfide) groups is 1. The molecule has 2 heterocycles. The first-order valence-electron chi connectivity index (χ1n) is 14.4. The van der Waals surface area contributed by atoms with Crippen LogP contribution in [0.5, 0.6) is 5.75 Å². The second kappa shape index (κ2) is 13.6. The lowest BCUT2D eigenvalue weighted by Crippen LogP contribution is -2.32. The molecule has 1 fully saturated rings. The molecule has 0 spiro atoms. The Balaban J connectivity index is 1.22. The van der Waals surface area contributed by atoms with E-state index in [9.17, 15) is 9.18 Å². The molecule has 0 atom stereocenters. The van der Waals surface area contributed by atoms with Gasteiger partial charge in [0, 0.05) is 25.0 Å². The van der Waals surface area contributed by atoms with E-state index < -0.39 is 5.85 Å². The summed E-state index contributed by atoms with van der Waals surface area (Å²) >= 11 is 6.85. The van der Waals surface area contributed by atoms with Crippen LogP contribution in [0.2, 0.25) is 0 Å². The smallest absolute Gasteiger partial charge is 0.243 e. The molecule has 4 aromatic rings. The lowest BCUT2D eigenvalue weighted by atomic mass is 9.99. The third-order valence-electron chi connectivity index (χ3n) is 6.65. The number of rotatable bonds is 7. The van der Waals surface area contributed by atoms with E-state index in [2.05, 4.69) is 58.2 Å². The van der Waals surface area contributed by atoms with Crippen molar-refractivity contribution >= 4 is 45.9 Å². The standard InChI is InChI=1S/C34H33FN6O2S2/c1-22(2)28-16-11-23(3)18-29(28)41-30(42)20-45-33(41)38-32(44)36-17-7-9-24-8-6-10-25(19-24)31-37-21-40(39-31)26-12-14-27(15-13-26)43-34(4,5)35/h6,8,10-16,18-19,21-22H,17,20H2,1-5H3,(H,36,44)/b38-33-. The summed E-state index contributed by atoms with van der Waals surface area (Å²) in [5.41, 5.74) is 5.38. The van der Waals surface area contributed by atoms with Gasteiger partial charge in [-0.05, 0) is 78.7 Å². The van der Waals surface area contributed by atoms with E-state index in [1.165, 1.54) is 25.6 Å². The Morgan fingerprint density at radius 3 is 2.69 bits per heavy atom. The van der Waals surface area contributed by atoms with Gasteiger partial charge in [0.05, 0.1) is 23.7 Å². The largest absolute Gasteiger partial charge is 0.459 e. The van der Waals surface area contributed by atoms with Gasteiger partial charge >= 0.3 is 0 Å². The number of anilines is 1. The molecule has 1 aliphatic heterocycles. The highest BCUT2D eigenvalue weighted by Gasteiger charge is 2.32. The minimum absolute atomic E-state index is 0.0155. The molecule has 0 radical (unpaired) electrons. The number of thiocarbonyl (C=S) groups is 1. The van der Waals surface area contributed by atoms with Crippen LogP contribution in [0.4, 0.5) is 10.1 Å². The molecule has 0 saturated carbocycles. The van der Waals surface area contributed by atoms with E-state index in [-0.39, 0.29) is 23.5 Å². The molecule has 0 bridgehead atoms. The van der Waals surface area contributed by atoms with Crippen LogP contribution in [0.1, 0.15) is 50.3 Å². The van der Waals surface area contributed by atoms with E-state index in [4.69, 9.17) is 17.0 Å². The first-order chi connectivity index (χ1) is 21.5. The Labute approximate surface area is 272 Å². The van der Waals surface area contributed by atoms with Gasteiger partial charge in [-0.1, -0.05) is 61.7 Å². The molecule has 1 aliphatic rings. The normalized spacial score (nSPS) is 14.1. The van der Waals surface area contributed by atoms with E-state index in [0.29, 0.717) is 22.5 Å². The van der Waals surface area contributed by atoms with Gasteiger partial charge in [0.25, 0.3) is 0 Å². The average Bonchev–Trinajstić information content (AvgIpc) is 3.62. The zero-order chi connectivity index (χ0) is 32.1. The summed E-state index contributed by atoms with van der Waals surface area (Å²) in [6.45, 7) is 9.22. The highest BCUT2D eigenvalue weighted by Crippen LogP contribution is 2.34. The molecule has 1 N–H and O–H groups in total. The molecular formula is C34H33FN6O2S2. The number of carbonyl (C=O) groups is 1. The number of aromatic nitrogens is 3. The highest BCUT2D eigenvalue weighted by atomic mass is 32.2. The van der Waals surface area contributed by atoms with Gasteiger partial charge in [-0.15, -0.1) is 5.10 Å². The fourth-order valence-electron chi connectivity index (χ4n) is 4.61. The number of aryl methyl sites for hydroxylation is 1. The number of alkyl halides is 1. The molecule has 1 amide bonds. The number of carbonyl (C=O) groups excluding carboxylic acids is 1. The molecule has 0 aliphatic carbocycles. The number of nitrogens with zero attached hydrogens (tertiary/aromatic N) is 5. The van der Waals surface area contributed by atoms with Gasteiger partial charge in [-0.25, -0.2) is 9.67 Å². The van der Waals surface area contributed by atoms with Crippen LogP contribution in [0.15, 0.2) is 78.0 Å². The van der Waals surface area contributed by atoms with Crippen LogP contribution >= 0.6 is 24.0 Å². The number of amidine groups is 1. The molecule has 5 rings (SSSR count). The molecule has 1 saturated heterocycles. The topological polar surface area (TPSA) is 84.6 Å². The number of benzene rings is 3. The minimum atomic E-state index is -1.76. The van der Waals surface area contributed by atoms with Crippen molar-refractivity contribution in [1.82, 2.24) is 20.1 Å². The Hall–Kier alpha value is -4.53. The molecule has 0 unspecified atom stereocenters. The van der Waals surface area contributed by atoms with Crippen LogP contribution < -0.4 is 15.0 Å². The molecule has 230 valence electrons. The Kier molecular flexibility index (Phi) is 9.65. The summed E-state index contributed by atoms with van der Waals surface area (Å²) in [6.07, 6.45) is 1.62. The fourth-order valence-corrected chi connectivity index (χ4v) is 5.70. The van der Waals surface area contributed by atoms with Crippen molar-refractivity contribution in [3.8, 4) is 34.7 Å². The monoisotopic (exact) mass is 640 g/mol. The maximum Gasteiger partial charge on any atom is 0.243 e. The van der Waals surface area contributed by atoms with Crippen molar-refractivity contribution in [2.24, 2.45) is 4.99 Å². The number of nitrogens with one attached hydrogen (secondary N) is 1. The van der Waals surface area contributed by atoms with E-state index in [1.807, 2.05) is 37.3 Å². The van der Waals surface area contributed by atoms with Crippen molar-refractivity contribution in [2.45, 2.75) is 46.4 Å². The van der Waals surface area contributed by atoms with Crippen LogP contribution in [0, 0.1) is 18.8 Å². The van der Waals surface area contributed by atoms with Crippen LogP contribution in [0.3, 0.4) is 0 Å². The summed E-state index contributed by atoms with van der Waals surface area (Å²) in [6, 6.07) is 20.7. The Bertz CT molecular complexity index is 1820. The van der Waals surface area contributed by atoms with E-state index in [0.717, 1.165) is 33.6 Å². The number of ether oxygens (including phenoxy) is 1. The maximum atomic E-state index is 13.8. The van der Waals surface area contributed by atoms with Crippen LogP contribution in [-0.4, -0.2) is 49.1 Å². The number of halogens is 1. The van der Waals surface area contributed by atoms with Crippen molar-refractivity contribution in [1.29, 1.82) is 0 Å². The number of aliphatic imine (C=N–C) groups is 1. The lowest BCUT2D eigenvalue weighted by molar-refractivity contribution is -0.115. The summed E-state index contributed by atoms with van der Waals surface area (Å²) in [4.78, 5) is 23.5. The zero-order valence-electron chi connectivity index (χ0n) is 25.7. The van der Waals surface area contributed by atoms with Crippen LogP contribution in [0.25, 0.3) is 17.1 Å². The molecule has 8 nitrogen and oxygen atoms in total.